The lowest BCUT2D eigenvalue weighted by atomic mass is 10.1. The minimum atomic E-state index is 0.721. The third kappa shape index (κ3) is 1.54. The van der Waals surface area contributed by atoms with Gasteiger partial charge in [-0.15, -0.1) is 12.6 Å². The summed E-state index contributed by atoms with van der Waals surface area (Å²) in [4.78, 5) is 0.852. The average Bonchev–Trinajstić information content (AvgIpc) is 2.12. The summed E-state index contributed by atoms with van der Waals surface area (Å²) in [6.07, 6.45) is 0. The van der Waals surface area contributed by atoms with Crippen molar-refractivity contribution in [2.24, 2.45) is 0 Å². The van der Waals surface area contributed by atoms with Crippen molar-refractivity contribution in [3.05, 3.63) is 34.8 Å². The van der Waals surface area contributed by atoms with E-state index >= 15 is 0 Å². The molecule has 2 aromatic rings. The number of hydrogen-bond acceptors (Lipinski definition) is 2. The SMILES string of the molecule is Nc1ccc2cc(Br)ccc2c1S. The summed E-state index contributed by atoms with van der Waals surface area (Å²) in [7, 11) is 0. The number of benzene rings is 2. The Balaban J connectivity index is 2.87. The van der Waals surface area contributed by atoms with Crippen molar-refractivity contribution in [3.63, 3.8) is 0 Å². The van der Waals surface area contributed by atoms with E-state index in [9.17, 15) is 0 Å². The molecule has 0 bridgehead atoms. The van der Waals surface area contributed by atoms with Crippen LogP contribution in [-0.4, -0.2) is 0 Å². The van der Waals surface area contributed by atoms with Crippen LogP contribution in [0.1, 0.15) is 0 Å². The molecule has 66 valence electrons. The fourth-order valence-corrected chi connectivity index (χ4v) is 1.96. The van der Waals surface area contributed by atoms with Crippen LogP contribution in [0.3, 0.4) is 0 Å². The van der Waals surface area contributed by atoms with Crippen LogP contribution in [-0.2, 0) is 0 Å². The molecule has 2 aromatic carbocycles. The van der Waals surface area contributed by atoms with E-state index in [-0.39, 0.29) is 0 Å². The summed E-state index contributed by atoms with van der Waals surface area (Å²) in [5, 5.41) is 2.24. The van der Waals surface area contributed by atoms with E-state index in [1.54, 1.807) is 0 Å². The molecule has 2 N–H and O–H groups in total. The molecule has 0 saturated carbocycles. The molecule has 0 saturated heterocycles. The van der Waals surface area contributed by atoms with E-state index in [1.165, 1.54) is 0 Å². The van der Waals surface area contributed by atoms with Gasteiger partial charge in [-0.05, 0) is 29.0 Å². The number of hydrogen-bond donors (Lipinski definition) is 2. The van der Waals surface area contributed by atoms with Crippen LogP contribution in [0, 0.1) is 0 Å². The highest BCUT2D eigenvalue weighted by Gasteiger charge is 2.01. The standard InChI is InChI=1S/C10H8BrNS/c11-7-2-3-8-6(5-7)1-4-9(12)10(8)13/h1-5,13H,12H2. The van der Waals surface area contributed by atoms with Crippen molar-refractivity contribution in [1.29, 1.82) is 0 Å². The van der Waals surface area contributed by atoms with Gasteiger partial charge in [0.1, 0.15) is 0 Å². The molecule has 0 fully saturated rings. The molecule has 2 rings (SSSR count). The van der Waals surface area contributed by atoms with E-state index in [2.05, 4.69) is 34.6 Å². The Labute approximate surface area is 90.5 Å². The largest absolute Gasteiger partial charge is 0.398 e. The first kappa shape index (κ1) is 8.91. The fraction of sp³-hybridized carbons (Fsp3) is 0. The summed E-state index contributed by atoms with van der Waals surface area (Å²) in [5.74, 6) is 0. The van der Waals surface area contributed by atoms with Crippen molar-refractivity contribution >= 4 is 45.0 Å². The third-order valence-corrected chi connectivity index (χ3v) is 2.98. The summed E-state index contributed by atoms with van der Waals surface area (Å²) in [6.45, 7) is 0. The van der Waals surface area contributed by atoms with E-state index < -0.39 is 0 Å². The summed E-state index contributed by atoms with van der Waals surface area (Å²) in [6, 6.07) is 9.92. The Morgan fingerprint density at radius 1 is 1.15 bits per heavy atom. The number of anilines is 1. The molecule has 0 radical (unpaired) electrons. The molecule has 0 aromatic heterocycles. The quantitative estimate of drug-likeness (QED) is 0.546. The van der Waals surface area contributed by atoms with Crippen molar-refractivity contribution in [2.75, 3.05) is 5.73 Å². The van der Waals surface area contributed by atoms with Gasteiger partial charge in [-0.3, -0.25) is 0 Å². The van der Waals surface area contributed by atoms with Crippen LogP contribution in [0.2, 0.25) is 0 Å². The highest BCUT2D eigenvalue weighted by Crippen LogP contribution is 2.29. The van der Waals surface area contributed by atoms with Gasteiger partial charge in [0.15, 0.2) is 0 Å². The zero-order valence-electron chi connectivity index (χ0n) is 6.79. The van der Waals surface area contributed by atoms with Crippen molar-refractivity contribution in [3.8, 4) is 0 Å². The normalized spacial score (nSPS) is 10.6. The molecule has 3 heteroatoms. The average molecular weight is 254 g/mol. The number of fused-ring (bicyclic) bond motifs is 1. The van der Waals surface area contributed by atoms with E-state index in [1.807, 2.05) is 24.3 Å². The predicted octanol–water partition coefficient (Wildman–Crippen LogP) is 3.47. The number of nitrogen functional groups attached to an aromatic ring is 1. The van der Waals surface area contributed by atoms with E-state index in [0.717, 1.165) is 25.8 Å². The highest BCUT2D eigenvalue weighted by atomic mass is 79.9. The van der Waals surface area contributed by atoms with Crippen LogP contribution in [0.5, 0.6) is 0 Å². The maximum Gasteiger partial charge on any atom is 0.0456 e. The molecule has 0 unspecified atom stereocenters. The number of nitrogens with two attached hydrogens (primary N) is 1. The Morgan fingerprint density at radius 2 is 1.92 bits per heavy atom. The highest BCUT2D eigenvalue weighted by molar-refractivity contribution is 9.10. The van der Waals surface area contributed by atoms with Crippen molar-refractivity contribution in [1.82, 2.24) is 0 Å². The van der Waals surface area contributed by atoms with Gasteiger partial charge >= 0.3 is 0 Å². The molecule has 0 spiro atoms. The molecule has 0 aliphatic carbocycles. The predicted molar refractivity (Wildman–Crippen MR) is 63.3 cm³/mol. The number of rotatable bonds is 0. The van der Waals surface area contributed by atoms with Gasteiger partial charge in [0, 0.05) is 15.1 Å². The molecule has 0 amide bonds. The summed E-state index contributed by atoms with van der Waals surface area (Å²) >= 11 is 7.78. The van der Waals surface area contributed by atoms with Crippen molar-refractivity contribution < 1.29 is 0 Å². The molecule has 0 aliphatic heterocycles. The molecule has 0 atom stereocenters. The zero-order valence-corrected chi connectivity index (χ0v) is 9.27. The van der Waals surface area contributed by atoms with Gasteiger partial charge in [0.25, 0.3) is 0 Å². The van der Waals surface area contributed by atoms with Gasteiger partial charge in [0.05, 0.1) is 0 Å². The van der Waals surface area contributed by atoms with Gasteiger partial charge in [-0.1, -0.05) is 28.1 Å². The van der Waals surface area contributed by atoms with Crippen molar-refractivity contribution in [2.45, 2.75) is 4.90 Å². The molecule has 0 aliphatic rings. The van der Waals surface area contributed by atoms with Crippen LogP contribution in [0.25, 0.3) is 10.8 Å². The lowest BCUT2D eigenvalue weighted by Gasteiger charge is -2.04. The Bertz CT molecular complexity index is 468. The van der Waals surface area contributed by atoms with Gasteiger partial charge < -0.3 is 5.73 Å². The second-order valence-corrected chi connectivity index (χ2v) is 4.23. The lowest BCUT2D eigenvalue weighted by Crippen LogP contribution is -1.87. The maximum atomic E-state index is 5.74. The van der Waals surface area contributed by atoms with Crippen LogP contribution in [0.4, 0.5) is 5.69 Å². The smallest absolute Gasteiger partial charge is 0.0456 e. The molecular formula is C10H8BrNS. The van der Waals surface area contributed by atoms with Gasteiger partial charge in [-0.25, -0.2) is 0 Å². The summed E-state index contributed by atoms with van der Waals surface area (Å²) < 4.78 is 1.07. The van der Waals surface area contributed by atoms with E-state index in [0.29, 0.717) is 0 Å². The second kappa shape index (κ2) is 3.24. The molecular weight excluding hydrogens is 246 g/mol. The molecule has 0 heterocycles. The monoisotopic (exact) mass is 253 g/mol. The van der Waals surface area contributed by atoms with E-state index in [4.69, 9.17) is 5.73 Å². The van der Waals surface area contributed by atoms with Crippen LogP contribution >= 0.6 is 28.6 Å². The molecule has 1 nitrogen and oxygen atoms in total. The maximum absolute atomic E-state index is 5.74. The van der Waals surface area contributed by atoms with Gasteiger partial charge in [-0.2, -0.15) is 0 Å². The Kier molecular flexibility index (Phi) is 2.22. The summed E-state index contributed by atoms with van der Waals surface area (Å²) in [5.41, 5.74) is 6.46. The fourth-order valence-electron chi connectivity index (χ4n) is 1.30. The molecule has 13 heavy (non-hydrogen) atoms. The Hall–Kier alpha value is -0.670. The topological polar surface area (TPSA) is 26.0 Å². The first-order valence-corrected chi connectivity index (χ1v) is 5.09. The second-order valence-electron chi connectivity index (χ2n) is 2.87. The lowest BCUT2D eigenvalue weighted by molar-refractivity contribution is 1.54. The number of thiol groups is 1. The zero-order chi connectivity index (χ0) is 9.42. The first-order valence-electron chi connectivity index (χ1n) is 3.85. The minimum absolute atomic E-state index is 0.721. The third-order valence-electron chi connectivity index (χ3n) is 1.98. The Morgan fingerprint density at radius 3 is 2.69 bits per heavy atom. The minimum Gasteiger partial charge on any atom is -0.398 e. The number of halogens is 1. The van der Waals surface area contributed by atoms with Gasteiger partial charge in [0.2, 0.25) is 0 Å². The van der Waals surface area contributed by atoms with Crippen LogP contribution < -0.4 is 5.73 Å². The first-order chi connectivity index (χ1) is 6.18. The van der Waals surface area contributed by atoms with Crippen LogP contribution in [0.15, 0.2) is 39.7 Å².